The van der Waals surface area contributed by atoms with E-state index in [0.29, 0.717) is 18.4 Å². The summed E-state index contributed by atoms with van der Waals surface area (Å²) in [6.45, 7) is 18.3. The van der Waals surface area contributed by atoms with Gasteiger partial charge >= 0.3 is 12.1 Å². The van der Waals surface area contributed by atoms with Crippen LogP contribution in [0, 0.1) is 5.92 Å². The van der Waals surface area contributed by atoms with Gasteiger partial charge in [0.15, 0.2) is 0 Å². The Kier molecular flexibility index (Phi) is 13.6. The second kappa shape index (κ2) is 16.4. The summed E-state index contributed by atoms with van der Waals surface area (Å²) in [5, 5.41) is 5.70. The molecular weight excluding hydrogens is 570 g/mol. The van der Waals surface area contributed by atoms with Crippen LogP contribution in [0.1, 0.15) is 99.2 Å². The highest BCUT2D eigenvalue weighted by molar-refractivity contribution is 5.94. The Morgan fingerprint density at radius 1 is 0.756 bits per heavy atom. The van der Waals surface area contributed by atoms with Gasteiger partial charge in [-0.3, -0.25) is 9.59 Å². The quantitative estimate of drug-likeness (QED) is 0.251. The number of nitrogens with zero attached hydrogens (tertiary/aromatic N) is 1. The van der Waals surface area contributed by atoms with E-state index in [4.69, 9.17) is 9.47 Å². The molecule has 0 aromatic heterocycles. The van der Waals surface area contributed by atoms with Crippen LogP contribution in [0.15, 0.2) is 60.7 Å². The third-order valence-electron chi connectivity index (χ3n) is 6.95. The molecule has 45 heavy (non-hydrogen) atoms. The van der Waals surface area contributed by atoms with Crippen LogP contribution in [0.25, 0.3) is 0 Å². The molecule has 9 nitrogen and oxygen atoms in total. The van der Waals surface area contributed by atoms with Crippen LogP contribution in [-0.2, 0) is 30.3 Å². The van der Waals surface area contributed by atoms with Crippen molar-refractivity contribution in [3.63, 3.8) is 0 Å². The van der Waals surface area contributed by atoms with Crippen molar-refractivity contribution >= 4 is 23.9 Å². The first-order chi connectivity index (χ1) is 20.9. The van der Waals surface area contributed by atoms with Gasteiger partial charge in [-0.1, -0.05) is 81.4 Å². The summed E-state index contributed by atoms with van der Waals surface area (Å²) >= 11 is 0. The number of alkyl carbamates (subject to hydrolysis) is 1. The lowest BCUT2D eigenvalue weighted by atomic mass is 9.96. The van der Waals surface area contributed by atoms with Crippen molar-refractivity contribution in [2.75, 3.05) is 0 Å². The van der Waals surface area contributed by atoms with Crippen molar-refractivity contribution in [2.45, 2.75) is 124 Å². The summed E-state index contributed by atoms with van der Waals surface area (Å²) in [7, 11) is 0. The number of esters is 1. The standard InChI is InChI=1S/C36H53N3O6/c1-11-25(4)39(32(41)28(22-24(2)3)38-34(43)45-36(8,9)10)30(27-20-16-13-17-21-27)31(40)37-29(33(42)44-35(5,6)7)23-26-18-14-12-15-19-26/h12-21,24-25,28-30H,11,22-23H2,1-10H3,(H,37,40)(H,38,43). The summed E-state index contributed by atoms with van der Waals surface area (Å²) in [5.41, 5.74) is -0.107. The molecule has 0 saturated carbocycles. The van der Waals surface area contributed by atoms with Gasteiger partial charge in [0.1, 0.15) is 29.3 Å². The summed E-state index contributed by atoms with van der Waals surface area (Å²) in [6, 6.07) is 14.9. The van der Waals surface area contributed by atoms with Crippen molar-refractivity contribution in [1.29, 1.82) is 0 Å². The number of carbonyl (C=O) groups is 4. The third kappa shape index (κ3) is 12.6. The second-order valence-electron chi connectivity index (χ2n) is 13.9. The van der Waals surface area contributed by atoms with E-state index in [0.717, 1.165) is 5.56 Å². The average Bonchev–Trinajstić information content (AvgIpc) is 2.93. The molecule has 0 spiro atoms. The molecule has 2 aromatic rings. The molecule has 4 unspecified atom stereocenters. The van der Waals surface area contributed by atoms with Crippen LogP contribution in [0.5, 0.6) is 0 Å². The molecule has 0 fully saturated rings. The number of ether oxygens (including phenoxy) is 2. The number of rotatable bonds is 13. The lowest BCUT2D eigenvalue weighted by Gasteiger charge is -2.39. The van der Waals surface area contributed by atoms with Crippen molar-refractivity contribution in [3.05, 3.63) is 71.8 Å². The summed E-state index contributed by atoms with van der Waals surface area (Å²) in [5.74, 6) is -1.46. The Labute approximate surface area is 269 Å². The second-order valence-corrected chi connectivity index (χ2v) is 13.9. The number of benzene rings is 2. The van der Waals surface area contributed by atoms with Gasteiger partial charge in [0, 0.05) is 12.5 Å². The number of carbonyl (C=O) groups excluding carboxylic acids is 4. The molecule has 248 valence electrons. The highest BCUT2D eigenvalue weighted by atomic mass is 16.6. The molecule has 0 aliphatic carbocycles. The van der Waals surface area contributed by atoms with Gasteiger partial charge in [-0.2, -0.15) is 0 Å². The van der Waals surface area contributed by atoms with Crippen LogP contribution in [0.2, 0.25) is 0 Å². The zero-order chi connectivity index (χ0) is 33.9. The van der Waals surface area contributed by atoms with E-state index in [-0.39, 0.29) is 12.3 Å². The van der Waals surface area contributed by atoms with E-state index in [2.05, 4.69) is 10.6 Å². The molecular formula is C36H53N3O6. The Balaban J connectivity index is 2.59. The van der Waals surface area contributed by atoms with Crippen molar-refractivity contribution in [2.24, 2.45) is 5.92 Å². The molecule has 2 N–H and O–H groups in total. The fourth-order valence-corrected chi connectivity index (χ4v) is 4.86. The van der Waals surface area contributed by atoms with Gasteiger partial charge in [0.05, 0.1) is 0 Å². The van der Waals surface area contributed by atoms with Crippen molar-refractivity contribution in [3.8, 4) is 0 Å². The summed E-state index contributed by atoms with van der Waals surface area (Å²) < 4.78 is 11.2. The van der Waals surface area contributed by atoms with Gasteiger partial charge in [0.2, 0.25) is 11.8 Å². The number of hydrogen-bond donors (Lipinski definition) is 2. The molecule has 0 aliphatic heterocycles. The first-order valence-electron chi connectivity index (χ1n) is 15.9. The maximum atomic E-state index is 14.5. The minimum Gasteiger partial charge on any atom is -0.458 e. The molecule has 2 rings (SSSR count). The van der Waals surface area contributed by atoms with Gasteiger partial charge in [-0.15, -0.1) is 0 Å². The largest absolute Gasteiger partial charge is 0.458 e. The summed E-state index contributed by atoms with van der Waals surface area (Å²) in [6.07, 6.45) is 0.376. The van der Waals surface area contributed by atoms with Crippen LogP contribution in [0.3, 0.4) is 0 Å². The van der Waals surface area contributed by atoms with E-state index in [1.54, 1.807) is 65.8 Å². The predicted molar refractivity (Wildman–Crippen MR) is 176 cm³/mol. The third-order valence-corrected chi connectivity index (χ3v) is 6.95. The minimum atomic E-state index is -1.09. The van der Waals surface area contributed by atoms with Gasteiger partial charge in [-0.05, 0) is 78.4 Å². The van der Waals surface area contributed by atoms with Gasteiger partial charge in [0.25, 0.3) is 0 Å². The van der Waals surface area contributed by atoms with E-state index < -0.39 is 59.2 Å². The number of hydrogen-bond acceptors (Lipinski definition) is 6. The zero-order valence-electron chi connectivity index (χ0n) is 28.7. The minimum absolute atomic E-state index is 0.0547. The molecule has 0 saturated heterocycles. The Morgan fingerprint density at radius 2 is 1.29 bits per heavy atom. The van der Waals surface area contributed by atoms with E-state index in [1.165, 1.54) is 4.90 Å². The normalized spacial score (nSPS) is 14.5. The maximum absolute atomic E-state index is 14.5. The van der Waals surface area contributed by atoms with Gasteiger partial charge < -0.3 is 25.0 Å². The average molecular weight is 624 g/mol. The van der Waals surface area contributed by atoms with Crippen LogP contribution in [-0.4, -0.2) is 58.1 Å². The molecule has 0 bridgehead atoms. The molecule has 2 aromatic carbocycles. The first-order valence-corrected chi connectivity index (χ1v) is 15.9. The Hall–Kier alpha value is -3.88. The van der Waals surface area contributed by atoms with Crippen molar-refractivity contribution < 1.29 is 28.7 Å². The molecule has 0 heterocycles. The van der Waals surface area contributed by atoms with E-state index in [1.807, 2.05) is 64.1 Å². The smallest absolute Gasteiger partial charge is 0.408 e. The number of nitrogens with one attached hydrogen (secondary N) is 2. The lowest BCUT2D eigenvalue weighted by Crippen LogP contribution is -2.57. The zero-order valence-corrected chi connectivity index (χ0v) is 28.7. The fourth-order valence-electron chi connectivity index (χ4n) is 4.86. The van der Waals surface area contributed by atoms with Crippen LogP contribution >= 0.6 is 0 Å². The Morgan fingerprint density at radius 3 is 1.78 bits per heavy atom. The highest BCUT2D eigenvalue weighted by Gasteiger charge is 2.40. The molecule has 0 aliphatic rings. The lowest BCUT2D eigenvalue weighted by molar-refractivity contribution is -0.159. The molecule has 0 radical (unpaired) electrons. The fraction of sp³-hybridized carbons (Fsp3) is 0.556. The van der Waals surface area contributed by atoms with E-state index in [9.17, 15) is 19.2 Å². The molecule has 9 heteroatoms. The van der Waals surface area contributed by atoms with Crippen LogP contribution < -0.4 is 10.6 Å². The topological polar surface area (TPSA) is 114 Å². The van der Waals surface area contributed by atoms with Crippen LogP contribution in [0.4, 0.5) is 4.79 Å². The summed E-state index contributed by atoms with van der Waals surface area (Å²) in [4.78, 5) is 56.7. The Bertz CT molecular complexity index is 1250. The number of amides is 3. The molecule has 4 atom stereocenters. The molecule has 3 amide bonds. The van der Waals surface area contributed by atoms with Gasteiger partial charge in [-0.25, -0.2) is 9.59 Å². The maximum Gasteiger partial charge on any atom is 0.408 e. The highest BCUT2D eigenvalue weighted by Crippen LogP contribution is 2.28. The predicted octanol–water partition coefficient (Wildman–Crippen LogP) is 6.36. The van der Waals surface area contributed by atoms with E-state index >= 15 is 0 Å². The van der Waals surface area contributed by atoms with Crippen molar-refractivity contribution in [1.82, 2.24) is 15.5 Å². The first kappa shape index (κ1) is 37.3. The SMILES string of the molecule is CCC(C)N(C(=O)C(CC(C)C)NC(=O)OC(C)(C)C)C(C(=O)NC(Cc1ccccc1)C(=O)OC(C)(C)C)c1ccccc1. The monoisotopic (exact) mass is 623 g/mol.